The Morgan fingerprint density at radius 2 is 1.46 bits per heavy atom. The van der Waals surface area contributed by atoms with Crippen molar-refractivity contribution in [3.63, 3.8) is 0 Å². The number of hydrogen-bond donors (Lipinski definition) is 2. The van der Waals surface area contributed by atoms with E-state index in [0.717, 1.165) is 16.7 Å². The lowest BCUT2D eigenvalue weighted by Crippen LogP contribution is -2.11. The van der Waals surface area contributed by atoms with Gasteiger partial charge in [-0.25, -0.2) is 4.98 Å². The van der Waals surface area contributed by atoms with Crippen LogP contribution in [0.15, 0.2) is 48.5 Å². The molecule has 26 heavy (non-hydrogen) atoms. The lowest BCUT2D eigenvalue weighted by molar-refractivity contribution is -0.114. The Labute approximate surface area is 156 Å². The third-order valence-corrected chi connectivity index (χ3v) is 4.66. The van der Waals surface area contributed by atoms with Gasteiger partial charge in [0.25, 0.3) is 5.91 Å². The van der Waals surface area contributed by atoms with Gasteiger partial charge in [-0.15, -0.1) is 0 Å². The molecular weight excluding hydrogens is 346 g/mol. The van der Waals surface area contributed by atoms with Crippen molar-refractivity contribution >= 4 is 33.3 Å². The average molecular weight is 365 g/mol. The summed E-state index contributed by atoms with van der Waals surface area (Å²) in [5, 5.41) is 6.65. The SMILES string of the molecule is CC(=O)Nc1sc(NC(=O)c2ccc(C)cc2)nc1-c1ccc(C)cc1. The molecule has 2 aromatic carbocycles. The van der Waals surface area contributed by atoms with Crippen LogP contribution in [0.25, 0.3) is 11.3 Å². The molecule has 1 aromatic heterocycles. The third-order valence-electron chi connectivity index (χ3n) is 3.78. The minimum atomic E-state index is -0.233. The standard InChI is InChI=1S/C20H19N3O2S/c1-12-4-8-15(9-5-12)17-19(21-14(3)24)26-20(22-17)23-18(25)16-10-6-13(2)7-11-16/h4-11H,1-3H3,(H,21,24)(H,22,23,25). The van der Waals surface area contributed by atoms with Gasteiger partial charge in [-0.05, 0) is 26.0 Å². The number of benzene rings is 2. The van der Waals surface area contributed by atoms with E-state index in [1.54, 1.807) is 12.1 Å². The molecule has 2 amide bonds. The predicted octanol–water partition coefficient (Wildman–Crippen LogP) is 4.64. The topological polar surface area (TPSA) is 71.1 Å². The number of nitrogens with zero attached hydrogens (tertiary/aromatic N) is 1. The first-order valence-electron chi connectivity index (χ1n) is 8.16. The zero-order valence-corrected chi connectivity index (χ0v) is 15.6. The number of anilines is 2. The molecule has 0 atom stereocenters. The molecule has 0 radical (unpaired) electrons. The molecule has 0 aliphatic heterocycles. The average Bonchev–Trinajstić information content (AvgIpc) is 2.97. The molecule has 1 heterocycles. The molecule has 6 heteroatoms. The quantitative estimate of drug-likeness (QED) is 0.708. The first-order valence-corrected chi connectivity index (χ1v) is 8.97. The minimum Gasteiger partial charge on any atom is -0.316 e. The minimum absolute atomic E-state index is 0.182. The van der Waals surface area contributed by atoms with E-state index >= 15 is 0 Å². The lowest BCUT2D eigenvalue weighted by atomic mass is 10.1. The second-order valence-corrected chi connectivity index (χ2v) is 7.06. The maximum absolute atomic E-state index is 12.4. The number of carbonyl (C=O) groups is 2. The van der Waals surface area contributed by atoms with Crippen LogP contribution in [0.5, 0.6) is 0 Å². The van der Waals surface area contributed by atoms with Gasteiger partial charge in [0.05, 0.1) is 0 Å². The number of hydrogen-bond acceptors (Lipinski definition) is 4. The number of nitrogens with one attached hydrogen (secondary N) is 2. The highest BCUT2D eigenvalue weighted by Crippen LogP contribution is 2.36. The molecule has 0 aliphatic carbocycles. The van der Waals surface area contributed by atoms with Gasteiger partial charge in [-0.1, -0.05) is 58.9 Å². The fraction of sp³-hybridized carbons (Fsp3) is 0.150. The summed E-state index contributed by atoms with van der Waals surface area (Å²) in [5.74, 6) is -0.415. The Morgan fingerprint density at radius 1 is 0.885 bits per heavy atom. The molecule has 0 fully saturated rings. The van der Waals surface area contributed by atoms with E-state index in [9.17, 15) is 9.59 Å². The molecule has 0 unspecified atom stereocenters. The van der Waals surface area contributed by atoms with Gasteiger partial charge in [0.15, 0.2) is 5.13 Å². The van der Waals surface area contributed by atoms with E-state index < -0.39 is 0 Å². The van der Waals surface area contributed by atoms with E-state index in [2.05, 4.69) is 15.6 Å². The van der Waals surface area contributed by atoms with Crippen LogP contribution in [0.1, 0.15) is 28.4 Å². The molecule has 132 valence electrons. The first-order chi connectivity index (χ1) is 12.4. The molecule has 0 spiro atoms. The van der Waals surface area contributed by atoms with Crippen LogP contribution in [0.4, 0.5) is 10.1 Å². The Morgan fingerprint density at radius 3 is 2.04 bits per heavy atom. The summed E-state index contributed by atoms with van der Waals surface area (Å²) in [4.78, 5) is 28.5. The van der Waals surface area contributed by atoms with Crippen molar-refractivity contribution in [1.29, 1.82) is 0 Å². The van der Waals surface area contributed by atoms with E-state index in [1.165, 1.54) is 18.3 Å². The summed E-state index contributed by atoms with van der Waals surface area (Å²) >= 11 is 1.24. The van der Waals surface area contributed by atoms with E-state index in [1.807, 2.05) is 50.2 Å². The summed E-state index contributed by atoms with van der Waals surface area (Å²) in [5.41, 5.74) is 4.31. The summed E-state index contributed by atoms with van der Waals surface area (Å²) in [7, 11) is 0. The number of amides is 2. The van der Waals surface area contributed by atoms with Gasteiger partial charge in [-0.2, -0.15) is 0 Å². The zero-order chi connectivity index (χ0) is 18.7. The number of aryl methyl sites for hydroxylation is 2. The predicted molar refractivity (Wildman–Crippen MR) is 106 cm³/mol. The summed E-state index contributed by atoms with van der Waals surface area (Å²) < 4.78 is 0. The molecule has 0 bridgehead atoms. The van der Waals surface area contributed by atoms with Crippen molar-refractivity contribution in [2.24, 2.45) is 0 Å². The lowest BCUT2D eigenvalue weighted by Gasteiger charge is -2.03. The molecule has 0 saturated heterocycles. The van der Waals surface area contributed by atoms with Crippen molar-refractivity contribution in [3.8, 4) is 11.3 Å². The van der Waals surface area contributed by atoms with Crippen molar-refractivity contribution in [2.75, 3.05) is 10.6 Å². The van der Waals surface area contributed by atoms with Gasteiger partial charge in [-0.3, -0.25) is 14.9 Å². The third kappa shape index (κ3) is 4.15. The largest absolute Gasteiger partial charge is 0.316 e. The van der Waals surface area contributed by atoms with Gasteiger partial charge in [0, 0.05) is 18.1 Å². The fourth-order valence-corrected chi connectivity index (χ4v) is 3.33. The highest BCUT2D eigenvalue weighted by Gasteiger charge is 2.16. The summed E-state index contributed by atoms with van der Waals surface area (Å²) in [6.07, 6.45) is 0. The van der Waals surface area contributed by atoms with Crippen molar-refractivity contribution < 1.29 is 9.59 Å². The first kappa shape index (κ1) is 17.8. The fourth-order valence-electron chi connectivity index (χ4n) is 2.40. The van der Waals surface area contributed by atoms with Crippen molar-refractivity contribution in [2.45, 2.75) is 20.8 Å². The van der Waals surface area contributed by atoms with Gasteiger partial charge in [0.2, 0.25) is 5.91 Å². The van der Waals surface area contributed by atoms with Crippen LogP contribution in [0.2, 0.25) is 0 Å². The number of rotatable bonds is 4. The van der Waals surface area contributed by atoms with E-state index in [-0.39, 0.29) is 11.8 Å². The maximum Gasteiger partial charge on any atom is 0.257 e. The number of aromatic nitrogens is 1. The Kier molecular flexibility index (Phi) is 5.14. The molecule has 2 N–H and O–H groups in total. The van der Waals surface area contributed by atoms with Gasteiger partial charge >= 0.3 is 0 Å². The highest BCUT2D eigenvalue weighted by atomic mass is 32.1. The normalized spacial score (nSPS) is 10.4. The second-order valence-electron chi connectivity index (χ2n) is 6.06. The molecule has 5 nitrogen and oxygen atoms in total. The van der Waals surface area contributed by atoms with Crippen molar-refractivity contribution in [1.82, 2.24) is 4.98 Å². The summed E-state index contributed by atoms with van der Waals surface area (Å²) in [6, 6.07) is 15.2. The Balaban J connectivity index is 1.90. The second kappa shape index (κ2) is 7.49. The van der Waals surface area contributed by atoms with Gasteiger partial charge < -0.3 is 5.32 Å². The van der Waals surface area contributed by atoms with Crippen LogP contribution in [0, 0.1) is 13.8 Å². The summed E-state index contributed by atoms with van der Waals surface area (Å²) in [6.45, 7) is 5.42. The van der Waals surface area contributed by atoms with Crippen LogP contribution >= 0.6 is 11.3 Å². The number of carbonyl (C=O) groups excluding carboxylic acids is 2. The maximum atomic E-state index is 12.4. The number of thiazole rings is 1. The molecular formula is C20H19N3O2S. The molecule has 0 aliphatic rings. The Bertz CT molecular complexity index is 944. The molecule has 0 saturated carbocycles. The van der Waals surface area contributed by atoms with Crippen LogP contribution < -0.4 is 10.6 Å². The van der Waals surface area contributed by atoms with Gasteiger partial charge in [0.1, 0.15) is 10.7 Å². The van der Waals surface area contributed by atoms with E-state index in [4.69, 9.17) is 0 Å². The van der Waals surface area contributed by atoms with Crippen LogP contribution in [-0.4, -0.2) is 16.8 Å². The molecule has 3 aromatic rings. The van der Waals surface area contributed by atoms with Crippen LogP contribution in [0.3, 0.4) is 0 Å². The van der Waals surface area contributed by atoms with Crippen LogP contribution in [-0.2, 0) is 4.79 Å². The van der Waals surface area contributed by atoms with Crippen molar-refractivity contribution in [3.05, 3.63) is 65.2 Å². The zero-order valence-electron chi connectivity index (χ0n) is 14.8. The molecule has 3 rings (SSSR count). The monoisotopic (exact) mass is 365 g/mol. The highest BCUT2D eigenvalue weighted by molar-refractivity contribution is 7.20. The van der Waals surface area contributed by atoms with E-state index in [0.29, 0.717) is 21.4 Å². The smallest absolute Gasteiger partial charge is 0.257 e. The Hall–Kier alpha value is -2.99.